The molecular formula is C15H17N5O3S. The van der Waals surface area contributed by atoms with Crippen molar-refractivity contribution >= 4 is 34.1 Å². The standard InChI is InChI=1S/C15H17N5O3S/c1-8(21)20-6-3-9-11(7-20)24-15(12(9)13(16)22)17-14(23)10-4-5-19(2)18-10/h4-5H,3,6-7H2,1-2H3,(H2,16,22)(H,17,23). The number of thiophene rings is 1. The summed E-state index contributed by atoms with van der Waals surface area (Å²) in [6, 6.07) is 1.59. The molecule has 3 N–H and O–H groups in total. The molecule has 2 aromatic heterocycles. The first kappa shape index (κ1) is 16.2. The quantitative estimate of drug-likeness (QED) is 0.853. The minimum atomic E-state index is -0.583. The normalized spacial score (nSPS) is 13.5. The van der Waals surface area contributed by atoms with E-state index < -0.39 is 11.8 Å². The Balaban J connectivity index is 1.92. The van der Waals surface area contributed by atoms with Crippen molar-refractivity contribution in [2.45, 2.75) is 19.9 Å². The zero-order valence-electron chi connectivity index (χ0n) is 13.3. The van der Waals surface area contributed by atoms with Gasteiger partial charge in [-0.15, -0.1) is 11.3 Å². The van der Waals surface area contributed by atoms with Crippen LogP contribution in [0.2, 0.25) is 0 Å². The average molecular weight is 347 g/mol. The molecule has 126 valence electrons. The predicted molar refractivity (Wildman–Crippen MR) is 88.8 cm³/mol. The highest BCUT2D eigenvalue weighted by Crippen LogP contribution is 2.37. The fraction of sp³-hybridized carbons (Fsp3) is 0.333. The van der Waals surface area contributed by atoms with Gasteiger partial charge in [-0.2, -0.15) is 5.10 Å². The van der Waals surface area contributed by atoms with Crippen LogP contribution in [0.25, 0.3) is 0 Å². The van der Waals surface area contributed by atoms with E-state index in [1.807, 2.05) is 0 Å². The molecule has 1 aliphatic heterocycles. The Morgan fingerprint density at radius 2 is 2.12 bits per heavy atom. The average Bonchev–Trinajstić information content (AvgIpc) is 3.09. The summed E-state index contributed by atoms with van der Waals surface area (Å²) in [4.78, 5) is 38.3. The SMILES string of the molecule is CC(=O)N1CCc2c(sc(NC(=O)c3ccn(C)n3)c2C(N)=O)C1. The first-order chi connectivity index (χ1) is 11.4. The van der Waals surface area contributed by atoms with Gasteiger partial charge >= 0.3 is 0 Å². The maximum Gasteiger partial charge on any atom is 0.276 e. The maximum absolute atomic E-state index is 12.3. The second kappa shape index (κ2) is 6.08. The van der Waals surface area contributed by atoms with Crippen LogP contribution in [0, 0.1) is 0 Å². The van der Waals surface area contributed by atoms with Crippen LogP contribution in [0.3, 0.4) is 0 Å². The lowest BCUT2D eigenvalue weighted by Gasteiger charge is -2.25. The zero-order valence-corrected chi connectivity index (χ0v) is 14.1. The van der Waals surface area contributed by atoms with Gasteiger partial charge in [0, 0.05) is 31.6 Å². The minimum absolute atomic E-state index is 0.0197. The lowest BCUT2D eigenvalue weighted by molar-refractivity contribution is -0.129. The highest BCUT2D eigenvalue weighted by Gasteiger charge is 2.28. The highest BCUT2D eigenvalue weighted by atomic mass is 32.1. The molecule has 0 saturated carbocycles. The molecule has 0 fully saturated rings. The van der Waals surface area contributed by atoms with Crippen LogP contribution in [-0.4, -0.2) is 38.9 Å². The number of hydrogen-bond acceptors (Lipinski definition) is 5. The second-order valence-electron chi connectivity index (χ2n) is 5.59. The Hall–Kier alpha value is -2.68. The number of aryl methyl sites for hydroxylation is 1. The van der Waals surface area contributed by atoms with Gasteiger partial charge in [0.25, 0.3) is 11.8 Å². The summed E-state index contributed by atoms with van der Waals surface area (Å²) in [5.74, 6) is -1.01. The van der Waals surface area contributed by atoms with Gasteiger partial charge < -0.3 is 16.0 Å². The van der Waals surface area contributed by atoms with Crippen LogP contribution >= 0.6 is 11.3 Å². The molecule has 0 aromatic carbocycles. The van der Waals surface area contributed by atoms with Gasteiger partial charge in [0.1, 0.15) is 5.00 Å². The van der Waals surface area contributed by atoms with Crippen LogP contribution in [0.4, 0.5) is 5.00 Å². The molecule has 3 amide bonds. The van der Waals surface area contributed by atoms with E-state index in [1.54, 1.807) is 24.2 Å². The van der Waals surface area contributed by atoms with E-state index in [4.69, 9.17) is 5.73 Å². The van der Waals surface area contributed by atoms with Crippen molar-refractivity contribution in [1.82, 2.24) is 14.7 Å². The molecule has 3 rings (SSSR count). The fourth-order valence-electron chi connectivity index (χ4n) is 2.72. The zero-order chi connectivity index (χ0) is 17.4. The largest absolute Gasteiger partial charge is 0.365 e. The van der Waals surface area contributed by atoms with E-state index in [2.05, 4.69) is 10.4 Å². The Bertz CT molecular complexity index is 838. The summed E-state index contributed by atoms with van der Waals surface area (Å²) in [5.41, 5.74) is 6.92. The number of nitrogens with two attached hydrogens (primary N) is 1. The molecule has 1 aliphatic rings. The number of carbonyl (C=O) groups excluding carboxylic acids is 3. The third kappa shape index (κ3) is 2.90. The van der Waals surface area contributed by atoms with Crippen LogP contribution < -0.4 is 11.1 Å². The molecule has 0 saturated heterocycles. The van der Waals surface area contributed by atoms with Gasteiger partial charge in [-0.1, -0.05) is 0 Å². The Morgan fingerprint density at radius 3 is 2.71 bits per heavy atom. The number of rotatable bonds is 3. The van der Waals surface area contributed by atoms with Crippen LogP contribution in [0.5, 0.6) is 0 Å². The van der Waals surface area contributed by atoms with E-state index in [9.17, 15) is 14.4 Å². The van der Waals surface area contributed by atoms with Gasteiger partial charge in [0.2, 0.25) is 5.91 Å². The topological polar surface area (TPSA) is 110 Å². The smallest absolute Gasteiger partial charge is 0.276 e. The van der Waals surface area contributed by atoms with Crippen LogP contribution in [0.15, 0.2) is 12.3 Å². The van der Waals surface area contributed by atoms with Gasteiger partial charge in [-0.3, -0.25) is 19.1 Å². The van der Waals surface area contributed by atoms with Gasteiger partial charge in [0.05, 0.1) is 12.1 Å². The number of hydrogen-bond donors (Lipinski definition) is 2. The Morgan fingerprint density at radius 1 is 1.38 bits per heavy atom. The molecular weight excluding hydrogens is 330 g/mol. The molecule has 8 nitrogen and oxygen atoms in total. The first-order valence-electron chi connectivity index (χ1n) is 7.37. The molecule has 9 heteroatoms. The van der Waals surface area contributed by atoms with Crippen molar-refractivity contribution in [2.75, 3.05) is 11.9 Å². The summed E-state index contributed by atoms with van der Waals surface area (Å²) in [5, 5.41) is 7.17. The van der Waals surface area contributed by atoms with Crippen LogP contribution in [-0.2, 0) is 24.8 Å². The number of carbonyl (C=O) groups is 3. The van der Waals surface area contributed by atoms with Gasteiger partial charge in [0.15, 0.2) is 5.69 Å². The summed E-state index contributed by atoms with van der Waals surface area (Å²) >= 11 is 1.28. The lowest BCUT2D eigenvalue weighted by atomic mass is 10.0. The number of nitrogens with zero attached hydrogens (tertiary/aromatic N) is 3. The third-order valence-corrected chi connectivity index (χ3v) is 5.05. The van der Waals surface area contributed by atoms with E-state index in [-0.39, 0.29) is 11.6 Å². The number of amides is 3. The molecule has 3 heterocycles. The molecule has 0 atom stereocenters. The van der Waals surface area contributed by atoms with E-state index in [1.165, 1.54) is 22.9 Å². The van der Waals surface area contributed by atoms with Gasteiger partial charge in [-0.25, -0.2) is 0 Å². The summed E-state index contributed by atoms with van der Waals surface area (Å²) < 4.78 is 1.52. The molecule has 0 spiro atoms. The Labute approximate surface area is 142 Å². The molecule has 0 bridgehead atoms. The summed E-state index contributed by atoms with van der Waals surface area (Å²) in [7, 11) is 1.71. The van der Waals surface area contributed by atoms with Crippen molar-refractivity contribution in [2.24, 2.45) is 12.8 Å². The van der Waals surface area contributed by atoms with E-state index >= 15 is 0 Å². The number of nitrogens with one attached hydrogen (secondary N) is 1. The number of aromatic nitrogens is 2. The highest BCUT2D eigenvalue weighted by molar-refractivity contribution is 7.17. The molecule has 2 aromatic rings. The van der Waals surface area contributed by atoms with Crippen molar-refractivity contribution in [3.05, 3.63) is 34.0 Å². The number of primary amides is 1. The Kier molecular flexibility index (Phi) is 4.10. The van der Waals surface area contributed by atoms with E-state index in [0.717, 1.165) is 10.4 Å². The molecule has 0 radical (unpaired) electrons. The lowest BCUT2D eigenvalue weighted by Crippen LogP contribution is -2.34. The third-order valence-electron chi connectivity index (χ3n) is 3.92. The van der Waals surface area contributed by atoms with Crippen molar-refractivity contribution < 1.29 is 14.4 Å². The molecule has 0 unspecified atom stereocenters. The summed E-state index contributed by atoms with van der Waals surface area (Å²) in [6.07, 6.45) is 2.21. The van der Waals surface area contributed by atoms with Crippen molar-refractivity contribution in [3.8, 4) is 0 Å². The second-order valence-corrected chi connectivity index (χ2v) is 6.70. The maximum atomic E-state index is 12.3. The van der Waals surface area contributed by atoms with Crippen molar-refractivity contribution in [1.29, 1.82) is 0 Å². The summed E-state index contributed by atoms with van der Waals surface area (Å²) in [6.45, 7) is 2.47. The van der Waals surface area contributed by atoms with E-state index in [0.29, 0.717) is 30.1 Å². The van der Waals surface area contributed by atoms with Crippen molar-refractivity contribution in [3.63, 3.8) is 0 Å². The monoisotopic (exact) mass is 347 g/mol. The number of fused-ring (bicyclic) bond motifs is 1. The number of anilines is 1. The van der Waals surface area contributed by atoms with Crippen LogP contribution in [0.1, 0.15) is 38.2 Å². The van der Waals surface area contributed by atoms with Gasteiger partial charge in [-0.05, 0) is 18.1 Å². The molecule has 0 aliphatic carbocycles. The first-order valence-corrected chi connectivity index (χ1v) is 8.19. The predicted octanol–water partition coefficient (Wildman–Crippen LogP) is 0.737. The minimum Gasteiger partial charge on any atom is -0.365 e. The fourth-order valence-corrected chi connectivity index (χ4v) is 3.99. The molecule has 24 heavy (non-hydrogen) atoms.